The maximum absolute atomic E-state index is 12.1. The molecule has 1 aromatic carbocycles. The van der Waals surface area contributed by atoms with E-state index < -0.39 is 0 Å². The van der Waals surface area contributed by atoms with Gasteiger partial charge in [-0.15, -0.1) is 0 Å². The molecule has 2 aromatic rings. The largest absolute Gasteiger partial charge is 0.326 e. The fraction of sp³-hybridized carbons (Fsp3) is 0.214. The van der Waals surface area contributed by atoms with Crippen molar-refractivity contribution in [2.75, 3.05) is 10.6 Å². The maximum atomic E-state index is 12.1. The quantitative estimate of drug-likeness (QED) is 0.797. The van der Waals surface area contributed by atoms with E-state index in [2.05, 4.69) is 20.8 Å². The van der Waals surface area contributed by atoms with Gasteiger partial charge in [0.25, 0.3) is 5.91 Å². The highest BCUT2D eigenvalue weighted by atomic mass is 16.2. The minimum absolute atomic E-state index is 0.146. The lowest BCUT2D eigenvalue weighted by Gasteiger charge is -2.06. The summed E-state index contributed by atoms with van der Waals surface area (Å²) in [5.74, 6) is 0.244. The average molecular weight is 272 g/mol. The molecule has 0 radical (unpaired) electrons. The molecule has 0 atom stereocenters. The van der Waals surface area contributed by atoms with E-state index in [1.165, 1.54) is 6.92 Å². The number of aromatic amines is 1. The molecule has 0 bridgehead atoms. The van der Waals surface area contributed by atoms with Crippen LogP contribution < -0.4 is 10.6 Å². The van der Waals surface area contributed by atoms with E-state index >= 15 is 0 Å². The Morgan fingerprint density at radius 1 is 1.20 bits per heavy atom. The number of aryl methyl sites for hydroxylation is 1. The predicted molar refractivity (Wildman–Crippen MR) is 76.7 cm³/mol. The van der Waals surface area contributed by atoms with Gasteiger partial charge in [0.2, 0.25) is 5.91 Å². The number of hydrogen-bond donors (Lipinski definition) is 3. The van der Waals surface area contributed by atoms with Crippen LogP contribution in [0, 0.1) is 0 Å². The second kappa shape index (κ2) is 6.01. The summed E-state index contributed by atoms with van der Waals surface area (Å²) < 4.78 is 0. The molecule has 1 aromatic heterocycles. The Morgan fingerprint density at radius 3 is 2.50 bits per heavy atom. The van der Waals surface area contributed by atoms with Gasteiger partial charge in [-0.05, 0) is 30.7 Å². The highest BCUT2D eigenvalue weighted by Crippen LogP contribution is 2.14. The number of anilines is 2. The van der Waals surface area contributed by atoms with Crippen molar-refractivity contribution >= 4 is 23.3 Å². The standard InChI is InChI=1S/C14H16N4O2/c1-3-10-8-15-18-13(10)17-14(20)11-4-6-12(7-5-11)16-9(2)19/h4-8H,3H2,1-2H3,(H,16,19)(H2,15,17,18,20). The van der Waals surface area contributed by atoms with Crippen molar-refractivity contribution in [2.45, 2.75) is 20.3 Å². The Bertz CT molecular complexity index is 616. The topological polar surface area (TPSA) is 86.9 Å². The van der Waals surface area contributed by atoms with E-state index in [-0.39, 0.29) is 11.8 Å². The molecule has 0 aliphatic rings. The van der Waals surface area contributed by atoms with Gasteiger partial charge in [0.05, 0.1) is 6.20 Å². The van der Waals surface area contributed by atoms with Crippen molar-refractivity contribution in [3.63, 3.8) is 0 Å². The molecule has 1 heterocycles. The molecule has 20 heavy (non-hydrogen) atoms. The second-order valence-electron chi connectivity index (χ2n) is 4.34. The van der Waals surface area contributed by atoms with Gasteiger partial charge in [0.1, 0.15) is 5.82 Å². The summed E-state index contributed by atoms with van der Waals surface area (Å²) in [6, 6.07) is 6.68. The first-order valence-corrected chi connectivity index (χ1v) is 6.31. The zero-order valence-electron chi connectivity index (χ0n) is 11.4. The number of hydrogen-bond acceptors (Lipinski definition) is 3. The van der Waals surface area contributed by atoms with Crippen LogP contribution in [0.4, 0.5) is 11.5 Å². The molecule has 6 heteroatoms. The third-order valence-corrected chi connectivity index (χ3v) is 2.80. The minimum atomic E-state index is -0.224. The lowest BCUT2D eigenvalue weighted by molar-refractivity contribution is -0.114. The zero-order chi connectivity index (χ0) is 14.5. The van der Waals surface area contributed by atoms with Crippen LogP contribution >= 0.6 is 0 Å². The lowest BCUT2D eigenvalue weighted by Crippen LogP contribution is -2.13. The number of carbonyl (C=O) groups excluding carboxylic acids is 2. The molecule has 6 nitrogen and oxygen atoms in total. The average Bonchev–Trinajstić information content (AvgIpc) is 2.86. The number of H-pyrrole nitrogens is 1. The van der Waals surface area contributed by atoms with Gasteiger partial charge in [0.15, 0.2) is 0 Å². The van der Waals surface area contributed by atoms with Crippen LogP contribution in [0.1, 0.15) is 29.8 Å². The van der Waals surface area contributed by atoms with Gasteiger partial charge in [-0.2, -0.15) is 5.10 Å². The predicted octanol–water partition coefficient (Wildman–Crippen LogP) is 2.18. The first-order valence-electron chi connectivity index (χ1n) is 6.31. The molecule has 0 aliphatic heterocycles. The van der Waals surface area contributed by atoms with Crippen LogP contribution in [0.3, 0.4) is 0 Å². The van der Waals surface area contributed by atoms with Gasteiger partial charge in [-0.1, -0.05) is 6.92 Å². The third kappa shape index (κ3) is 3.23. The fourth-order valence-corrected chi connectivity index (χ4v) is 1.78. The Morgan fingerprint density at radius 2 is 1.90 bits per heavy atom. The number of amides is 2. The molecule has 0 aliphatic carbocycles. The molecule has 2 rings (SSSR count). The van der Waals surface area contributed by atoms with Crippen LogP contribution in [-0.4, -0.2) is 22.0 Å². The summed E-state index contributed by atoms with van der Waals surface area (Å²) in [6.45, 7) is 3.42. The second-order valence-corrected chi connectivity index (χ2v) is 4.34. The van der Waals surface area contributed by atoms with E-state index in [1.807, 2.05) is 6.92 Å². The van der Waals surface area contributed by atoms with Crippen molar-refractivity contribution in [1.82, 2.24) is 10.2 Å². The summed E-state index contributed by atoms with van der Waals surface area (Å²) in [5.41, 5.74) is 2.12. The van der Waals surface area contributed by atoms with Crippen LogP contribution in [0.25, 0.3) is 0 Å². The molecular formula is C14H16N4O2. The Hall–Kier alpha value is -2.63. The summed E-state index contributed by atoms with van der Waals surface area (Å²) in [7, 11) is 0. The minimum Gasteiger partial charge on any atom is -0.326 e. The molecule has 2 amide bonds. The number of carbonyl (C=O) groups is 2. The third-order valence-electron chi connectivity index (χ3n) is 2.80. The van der Waals surface area contributed by atoms with Crippen LogP contribution in [-0.2, 0) is 11.2 Å². The normalized spacial score (nSPS) is 10.1. The van der Waals surface area contributed by atoms with E-state index in [0.717, 1.165) is 12.0 Å². The molecule has 0 saturated carbocycles. The number of aromatic nitrogens is 2. The number of benzene rings is 1. The van der Waals surface area contributed by atoms with E-state index in [4.69, 9.17) is 0 Å². The molecule has 0 unspecified atom stereocenters. The Balaban J connectivity index is 2.08. The summed E-state index contributed by atoms with van der Waals surface area (Å²) in [5, 5.41) is 12.1. The van der Waals surface area contributed by atoms with Crippen LogP contribution in [0.15, 0.2) is 30.5 Å². The van der Waals surface area contributed by atoms with Crippen LogP contribution in [0.5, 0.6) is 0 Å². The summed E-state index contributed by atoms with van der Waals surface area (Å²) in [4.78, 5) is 23.0. The Kier molecular flexibility index (Phi) is 4.14. The van der Waals surface area contributed by atoms with Crippen molar-refractivity contribution in [3.05, 3.63) is 41.6 Å². The van der Waals surface area contributed by atoms with Gasteiger partial charge in [-0.25, -0.2) is 0 Å². The van der Waals surface area contributed by atoms with Gasteiger partial charge < -0.3 is 10.6 Å². The van der Waals surface area contributed by atoms with Crippen molar-refractivity contribution < 1.29 is 9.59 Å². The molecular weight excluding hydrogens is 256 g/mol. The lowest BCUT2D eigenvalue weighted by atomic mass is 10.2. The smallest absolute Gasteiger partial charge is 0.256 e. The maximum Gasteiger partial charge on any atom is 0.256 e. The highest BCUT2D eigenvalue weighted by Gasteiger charge is 2.10. The molecule has 3 N–H and O–H groups in total. The SMILES string of the molecule is CCc1cn[nH]c1NC(=O)c1ccc(NC(C)=O)cc1. The van der Waals surface area contributed by atoms with Crippen molar-refractivity contribution in [3.8, 4) is 0 Å². The summed E-state index contributed by atoms with van der Waals surface area (Å²) >= 11 is 0. The molecule has 0 spiro atoms. The van der Waals surface area contributed by atoms with E-state index in [9.17, 15) is 9.59 Å². The van der Waals surface area contributed by atoms with Crippen molar-refractivity contribution in [2.24, 2.45) is 0 Å². The molecule has 104 valence electrons. The van der Waals surface area contributed by atoms with Gasteiger partial charge >= 0.3 is 0 Å². The van der Waals surface area contributed by atoms with E-state index in [0.29, 0.717) is 17.1 Å². The molecule has 0 saturated heterocycles. The number of nitrogens with one attached hydrogen (secondary N) is 3. The summed E-state index contributed by atoms with van der Waals surface area (Å²) in [6.07, 6.45) is 2.48. The Labute approximate surface area is 116 Å². The zero-order valence-corrected chi connectivity index (χ0v) is 11.4. The van der Waals surface area contributed by atoms with Gasteiger partial charge in [-0.3, -0.25) is 14.7 Å². The first-order chi connectivity index (χ1) is 9.60. The molecule has 0 fully saturated rings. The number of nitrogens with zero attached hydrogens (tertiary/aromatic N) is 1. The van der Waals surface area contributed by atoms with Gasteiger partial charge in [0, 0.05) is 23.7 Å². The fourth-order valence-electron chi connectivity index (χ4n) is 1.78. The van der Waals surface area contributed by atoms with Crippen molar-refractivity contribution in [1.29, 1.82) is 0 Å². The van der Waals surface area contributed by atoms with Crippen LogP contribution in [0.2, 0.25) is 0 Å². The number of rotatable bonds is 4. The monoisotopic (exact) mass is 272 g/mol. The van der Waals surface area contributed by atoms with E-state index in [1.54, 1.807) is 30.5 Å². The first kappa shape index (κ1) is 13.8. The highest BCUT2D eigenvalue weighted by molar-refractivity contribution is 6.04.